The van der Waals surface area contributed by atoms with Crippen LogP contribution in [0.2, 0.25) is 5.02 Å². The van der Waals surface area contributed by atoms with Crippen molar-refractivity contribution in [2.75, 3.05) is 12.8 Å². The summed E-state index contributed by atoms with van der Waals surface area (Å²) >= 11 is 5.67. The van der Waals surface area contributed by atoms with Gasteiger partial charge in [0.1, 0.15) is 5.82 Å². The maximum Gasteiger partial charge on any atom is 0.141 e. The number of hydrogen-bond donors (Lipinski definition) is 1. The highest BCUT2D eigenvalue weighted by atomic mass is 35.5. The standard InChI is InChI=1S/C12H17ClFNOS/c1-8(2)12(15-3)7-17(16)9-4-5-11(14)10(13)6-9/h4-6,8,12,15H,7H2,1-3H3. The van der Waals surface area contributed by atoms with E-state index in [0.717, 1.165) is 0 Å². The van der Waals surface area contributed by atoms with Crippen molar-refractivity contribution in [3.63, 3.8) is 0 Å². The third-order valence-electron chi connectivity index (χ3n) is 2.66. The quantitative estimate of drug-likeness (QED) is 0.897. The van der Waals surface area contributed by atoms with E-state index >= 15 is 0 Å². The van der Waals surface area contributed by atoms with Crippen molar-refractivity contribution in [1.29, 1.82) is 0 Å². The van der Waals surface area contributed by atoms with Gasteiger partial charge in [0.15, 0.2) is 0 Å². The second-order valence-electron chi connectivity index (χ2n) is 4.23. The third kappa shape index (κ3) is 4.05. The molecule has 1 aromatic carbocycles. The van der Waals surface area contributed by atoms with Crippen LogP contribution in [0.1, 0.15) is 13.8 Å². The van der Waals surface area contributed by atoms with Gasteiger partial charge >= 0.3 is 0 Å². The summed E-state index contributed by atoms with van der Waals surface area (Å²) in [7, 11) is 0.681. The van der Waals surface area contributed by atoms with Gasteiger partial charge in [0.05, 0.1) is 15.8 Å². The molecule has 1 aromatic rings. The van der Waals surface area contributed by atoms with Gasteiger partial charge < -0.3 is 5.32 Å². The molecule has 0 saturated carbocycles. The Labute approximate surface area is 109 Å². The lowest BCUT2D eigenvalue weighted by atomic mass is 10.1. The Morgan fingerprint density at radius 1 is 1.47 bits per heavy atom. The SMILES string of the molecule is CNC(CS(=O)c1ccc(F)c(Cl)c1)C(C)C. The Morgan fingerprint density at radius 3 is 2.59 bits per heavy atom. The molecule has 5 heteroatoms. The van der Waals surface area contributed by atoms with Gasteiger partial charge in [-0.2, -0.15) is 0 Å². The molecule has 2 atom stereocenters. The summed E-state index contributed by atoms with van der Waals surface area (Å²) in [5.41, 5.74) is 0. The minimum Gasteiger partial charge on any atom is -0.316 e. The first-order valence-electron chi connectivity index (χ1n) is 5.46. The molecule has 0 radical (unpaired) electrons. The van der Waals surface area contributed by atoms with Crippen LogP contribution in [0.25, 0.3) is 0 Å². The van der Waals surface area contributed by atoms with Gasteiger partial charge in [-0.1, -0.05) is 25.4 Å². The van der Waals surface area contributed by atoms with E-state index in [2.05, 4.69) is 19.2 Å². The van der Waals surface area contributed by atoms with Crippen LogP contribution in [0.5, 0.6) is 0 Å². The number of halogens is 2. The average molecular weight is 278 g/mol. The predicted octanol–water partition coefficient (Wildman–Crippen LogP) is 2.83. The Bertz CT molecular complexity index is 411. The molecule has 0 heterocycles. The first-order valence-corrected chi connectivity index (χ1v) is 7.16. The highest BCUT2D eigenvalue weighted by Crippen LogP contribution is 2.19. The van der Waals surface area contributed by atoms with Crippen LogP contribution in [-0.2, 0) is 10.8 Å². The summed E-state index contributed by atoms with van der Waals surface area (Å²) < 4.78 is 25.0. The van der Waals surface area contributed by atoms with E-state index in [1.165, 1.54) is 18.2 Å². The molecule has 0 fully saturated rings. The lowest BCUT2D eigenvalue weighted by Crippen LogP contribution is -2.35. The first kappa shape index (κ1) is 14.6. The van der Waals surface area contributed by atoms with Gasteiger partial charge in [-0.25, -0.2) is 4.39 Å². The molecule has 0 amide bonds. The summed E-state index contributed by atoms with van der Waals surface area (Å²) in [5.74, 6) is 0.400. The normalized spacial score (nSPS) is 14.9. The molecule has 0 saturated heterocycles. The van der Waals surface area contributed by atoms with Crippen molar-refractivity contribution < 1.29 is 8.60 Å². The first-order chi connectivity index (χ1) is 7.95. The molecule has 2 unspecified atom stereocenters. The smallest absolute Gasteiger partial charge is 0.141 e. The van der Waals surface area contributed by atoms with Crippen molar-refractivity contribution in [2.24, 2.45) is 5.92 Å². The minimum absolute atomic E-state index is 0.0152. The summed E-state index contributed by atoms with van der Waals surface area (Å²) in [6.07, 6.45) is 0. The minimum atomic E-state index is -1.17. The molecular formula is C12H17ClFNOS. The molecule has 0 aliphatic heterocycles. The molecule has 1 N–H and O–H groups in total. The maximum absolute atomic E-state index is 13.0. The van der Waals surface area contributed by atoms with Crippen molar-refractivity contribution >= 4 is 22.4 Å². The van der Waals surface area contributed by atoms with Gasteiger partial charge in [0, 0.05) is 16.7 Å². The van der Waals surface area contributed by atoms with Crippen molar-refractivity contribution in [2.45, 2.75) is 24.8 Å². The number of benzene rings is 1. The molecule has 96 valence electrons. The highest BCUT2D eigenvalue weighted by Gasteiger charge is 2.16. The molecule has 0 aliphatic rings. The zero-order valence-corrected chi connectivity index (χ0v) is 11.7. The fourth-order valence-electron chi connectivity index (χ4n) is 1.49. The van der Waals surface area contributed by atoms with Gasteiger partial charge in [-0.05, 0) is 31.2 Å². The van der Waals surface area contributed by atoms with Gasteiger partial charge in [0.2, 0.25) is 0 Å². The number of nitrogens with one attached hydrogen (secondary N) is 1. The zero-order chi connectivity index (χ0) is 13.0. The van der Waals surface area contributed by atoms with E-state index in [1.54, 1.807) is 0 Å². The van der Waals surface area contributed by atoms with Crippen LogP contribution in [0.15, 0.2) is 23.1 Å². The molecule has 17 heavy (non-hydrogen) atoms. The van der Waals surface area contributed by atoms with Crippen LogP contribution in [-0.4, -0.2) is 23.1 Å². The van der Waals surface area contributed by atoms with E-state index in [-0.39, 0.29) is 11.1 Å². The lowest BCUT2D eigenvalue weighted by Gasteiger charge is -2.19. The second-order valence-corrected chi connectivity index (χ2v) is 6.13. The van der Waals surface area contributed by atoms with Crippen LogP contribution in [0, 0.1) is 11.7 Å². The molecule has 0 spiro atoms. The second kappa shape index (κ2) is 6.47. The summed E-state index contributed by atoms with van der Waals surface area (Å²) in [4.78, 5) is 0.567. The average Bonchev–Trinajstić information content (AvgIpc) is 2.28. The summed E-state index contributed by atoms with van der Waals surface area (Å²) in [6, 6.07) is 4.36. The van der Waals surface area contributed by atoms with Gasteiger partial charge in [-0.15, -0.1) is 0 Å². The molecule has 0 aliphatic carbocycles. The number of hydrogen-bond acceptors (Lipinski definition) is 2. The topological polar surface area (TPSA) is 29.1 Å². The monoisotopic (exact) mass is 277 g/mol. The molecule has 0 bridgehead atoms. The van der Waals surface area contributed by atoms with Crippen LogP contribution in [0.4, 0.5) is 4.39 Å². The largest absolute Gasteiger partial charge is 0.316 e. The Balaban J connectivity index is 2.79. The van der Waals surface area contributed by atoms with Crippen molar-refractivity contribution in [3.8, 4) is 0 Å². The Kier molecular flexibility index (Phi) is 5.56. The molecular weight excluding hydrogens is 261 g/mol. The molecule has 0 aromatic heterocycles. The fourth-order valence-corrected chi connectivity index (χ4v) is 3.27. The van der Waals surface area contributed by atoms with Crippen molar-refractivity contribution in [1.82, 2.24) is 5.32 Å². The zero-order valence-electron chi connectivity index (χ0n) is 10.2. The fraction of sp³-hybridized carbons (Fsp3) is 0.500. The molecule has 1 rings (SSSR count). The maximum atomic E-state index is 13.0. The van der Waals surface area contributed by atoms with Gasteiger partial charge in [0.25, 0.3) is 0 Å². The van der Waals surface area contributed by atoms with Crippen molar-refractivity contribution in [3.05, 3.63) is 29.0 Å². The van der Waals surface area contributed by atoms with Crippen LogP contribution in [0.3, 0.4) is 0 Å². The Hall–Kier alpha value is -0.450. The highest BCUT2D eigenvalue weighted by molar-refractivity contribution is 7.85. The summed E-state index contributed by atoms with van der Waals surface area (Å²) in [6.45, 7) is 4.13. The summed E-state index contributed by atoms with van der Waals surface area (Å²) in [5, 5.41) is 3.14. The molecule has 2 nitrogen and oxygen atoms in total. The van der Waals surface area contributed by atoms with E-state index in [4.69, 9.17) is 11.6 Å². The lowest BCUT2D eigenvalue weighted by molar-refractivity contribution is 0.461. The number of rotatable bonds is 5. The van der Waals surface area contributed by atoms with Gasteiger partial charge in [-0.3, -0.25) is 4.21 Å². The van der Waals surface area contributed by atoms with E-state index in [1.807, 2.05) is 7.05 Å². The van der Waals surface area contributed by atoms with E-state index in [9.17, 15) is 8.60 Å². The Morgan fingerprint density at radius 2 is 2.12 bits per heavy atom. The predicted molar refractivity (Wildman–Crippen MR) is 70.4 cm³/mol. The van der Waals surface area contributed by atoms with E-state index in [0.29, 0.717) is 16.6 Å². The third-order valence-corrected chi connectivity index (χ3v) is 4.39. The van der Waals surface area contributed by atoms with Crippen LogP contribution >= 0.6 is 11.6 Å². The van der Waals surface area contributed by atoms with Crippen LogP contribution < -0.4 is 5.32 Å². The van der Waals surface area contributed by atoms with E-state index < -0.39 is 16.6 Å².